The van der Waals surface area contributed by atoms with E-state index < -0.39 is 0 Å². The standard InChI is InChI=1S/C15H18N2O/c1-12(15-5-7-16-8-6-15)17-10-13-3-2-4-14(9-13)11-18/h2-9,12,17-18H,10-11H2,1H3. The number of benzene rings is 1. The smallest absolute Gasteiger partial charge is 0.0681 e. The molecule has 0 saturated heterocycles. The Bertz CT molecular complexity index is 485. The number of aliphatic hydroxyl groups excluding tert-OH is 1. The van der Waals surface area contributed by atoms with E-state index in [1.165, 1.54) is 11.1 Å². The highest BCUT2D eigenvalue weighted by Crippen LogP contribution is 2.12. The summed E-state index contributed by atoms with van der Waals surface area (Å²) >= 11 is 0. The van der Waals surface area contributed by atoms with Crippen molar-refractivity contribution in [3.05, 3.63) is 65.5 Å². The fraction of sp³-hybridized carbons (Fsp3) is 0.267. The average molecular weight is 242 g/mol. The molecule has 0 radical (unpaired) electrons. The average Bonchev–Trinajstić information content (AvgIpc) is 2.46. The maximum absolute atomic E-state index is 9.09. The van der Waals surface area contributed by atoms with Crippen LogP contribution in [0.1, 0.15) is 29.7 Å². The van der Waals surface area contributed by atoms with E-state index in [9.17, 15) is 0 Å². The molecule has 2 rings (SSSR count). The first-order valence-electron chi connectivity index (χ1n) is 6.11. The number of aromatic nitrogens is 1. The first-order valence-corrected chi connectivity index (χ1v) is 6.11. The van der Waals surface area contributed by atoms with Gasteiger partial charge in [-0.15, -0.1) is 0 Å². The lowest BCUT2D eigenvalue weighted by Crippen LogP contribution is -2.18. The molecule has 94 valence electrons. The highest BCUT2D eigenvalue weighted by Gasteiger charge is 2.04. The van der Waals surface area contributed by atoms with Crippen molar-refractivity contribution in [2.45, 2.75) is 26.1 Å². The monoisotopic (exact) mass is 242 g/mol. The molecule has 2 aromatic rings. The first kappa shape index (κ1) is 12.7. The Hall–Kier alpha value is -1.71. The Morgan fingerprint density at radius 3 is 2.61 bits per heavy atom. The second kappa shape index (κ2) is 6.28. The lowest BCUT2D eigenvalue weighted by molar-refractivity contribution is 0.281. The molecule has 1 aromatic carbocycles. The second-order valence-corrected chi connectivity index (χ2v) is 4.36. The van der Waals surface area contributed by atoms with Crippen molar-refractivity contribution >= 4 is 0 Å². The molecule has 3 heteroatoms. The fourth-order valence-electron chi connectivity index (χ4n) is 1.88. The predicted octanol–water partition coefficient (Wildman–Crippen LogP) is 2.42. The molecule has 0 amide bonds. The molecule has 18 heavy (non-hydrogen) atoms. The number of pyridine rings is 1. The summed E-state index contributed by atoms with van der Waals surface area (Å²) < 4.78 is 0. The van der Waals surface area contributed by atoms with Gasteiger partial charge < -0.3 is 10.4 Å². The molecule has 0 aliphatic rings. The Balaban J connectivity index is 1.95. The molecule has 1 unspecified atom stereocenters. The van der Waals surface area contributed by atoms with E-state index in [1.807, 2.05) is 30.3 Å². The SMILES string of the molecule is CC(NCc1cccc(CO)c1)c1ccncc1. The fourth-order valence-corrected chi connectivity index (χ4v) is 1.88. The van der Waals surface area contributed by atoms with E-state index in [2.05, 4.69) is 23.3 Å². The summed E-state index contributed by atoms with van der Waals surface area (Å²) in [6.45, 7) is 3.01. The topological polar surface area (TPSA) is 45.1 Å². The third kappa shape index (κ3) is 3.39. The molecule has 1 aromatic heterocycles. The van der Waals surface area contributed by atoms with E-state index in [0.717, 1.165) is 12.1 Å². The molecule has 1 atom stereocenters. The van der Waals surface area contributed by atoms with Crippen molar-refractivity contribution < 1.29 is 5.11 Å². The second-order valence-electron chi connectivity index (χ2n) is 4.36. The Kier molecular flexibility index (Phi) is 4.45. The molecule has 0 bridgehead atoms. The molecule has 1 heterocycles. The van der Waals surface area contributed by atoms with Crippen molar-refractivity contribution in [1.82, 2.24) is 10.3 Å². The van der Waals surface area contributed by atoms with E-state index in [-0.39, 0.29) is 12.6 Å². The number of nitrogens with zero attached hydrogens (tertiary/aromatic N) is 1. The van der Waals surface area contributed by atoms with Crippen LogP contribution in [-0.2, 0) is 13.2 Å². The van der Waals surface area contributed by atoms with Crippen LogP contribution < -0.4 is 5.32 Å². The van der Waals surface area contributed by atoms with Crippen LogP contribution in [0.3, 0.4) is 0 Å². The number of nitrogens with one attached hydrogen (secondary N) is 1. The Labute approximate surface area is 108 Å². The largest absolute Gasteiger partial charge is 0.392 e. The van der Waals surface area contributed by atoms with Gasteiger partial charge in [0.2, 0.25) is 0 Å². The summed E-state index contributed by atoms with van der Waals surface area (Å²) in [4.78, 5) is 4.01. The minimum Gasteiger partial charge on any atom is -0.392 e. The van der Waals surface area contributed by atoms with Gasteiger partial charge in [0.1, 0.15) is 0 Å². The van der Waals surface area contributed by atoms with Gasteiger partial charge in [0.15, 0.2) is 0 Å². The third-order valence-electron chi connectivity index (χ3n) is 2.99. The quantitative estimate of drug-likeness (QED) is 0.846. The number of aliphatic hydroxyl groups is 1. The number of hydrogen-bond donors (Lipinski definition) is 2. The van der Waals surface area contributed by atoms with Crippen molar-refractivity contribution in [2.75, 3.05) is 0 Å². The van der Waals surface area contributed by atoms with Gasteiger partial charge in [-0.1, -0.05) is 24.3 Å². The van der Waals surface area contributed by atoms with E-state index in [1.54, 1.807) is 12.4 Å². The van der Waals surface area contributed by atoms with Crippen LogP contribution in [0.4, 0.5) is 0 Å². The number of hydrogen-bond acceptors (Lipinski definition) is 3. The molecule has 0 fully saturated rings. The van der Waals surface area contributed by atoms with Crippen molar-refractivity contribution in [3.8, 4) is 0 Å². The minimum atomic E-state index is 0.0910. The third-order valence-corrected chi connectivity index (χ3v) is 2.99. The van der Waals surface area contributed by atoms with Gasteiger partial charge in [0.05, 0.1) is 6.61 Å². The van der Waals surface area contributed by atoms with Crippen LogP contribution in [0.15, 0.2) is 48.8 Å². The molecule has 3 nitrogen and oxygen atoms in total. The summed E-state index contributed by atoms with van der Waals surface area (Å²) in [6, 6.07) is 12.3. The Morgan fingerprint density at radius 1 is 1.17 bits per heavy atom. The summed E-state index contributed by atoms with van der Waals surface area (Å²) in [6.07, 6.45) is 3.61. The summed E-state index contributed by atoms with van der Waals surface area (Å²) in [5.74, 6) is 0. The van der Waals surface area contributed by atoms with E-state index in [4.69, 9.17) is 5.11 Å². The lowest BCUT2D eigenvalue weighted by Gasteiger charge is -2.14. The first-order chi connectivity index (χ1) is 8.79. The minimum absolute atomic E-state index is 0.0910. The maximum Gasteiger partial charge on any atom is 0.0681 e. The van der Waals surface area contributed by atoms with E-state index in [0.29, 0.717) is 0 Å². The van der Waals surface area contributed by atoms with Crippen LogP contribution in [0.5, 0.6) is 0 Å². The highest BCUT2D eigenvalue weighted by molar-refractivity contribution is 5.23. The van der Waals surface area contributed by atoms with Gasteiger partial charge in [-0.05, 0) is 35.7 Å². The molecular formula is C15H18N2O. The van der Waals surface area contributed by atoms with Gasteiger partial charge in [-0.3, -0.25) is 4.98 Å². The van der Waals surface area contributed by atoms with Crippen LogP contribution in [0.2, 0.25) is 0 Å². The molecule has 0 saturated carbocycles. The van der Waals surface area contributed by atoms with Gasteiger partial charge >= 0.3 is 0 Å². The summed E-state index contributed by atoms with van der Waals surface area (Å²) in [7, 11) is 0. The van der Waals surface area contributed by atoms with Crippen molar-refractivity contribution in [3.63, 3.8) is 0 Å². The van der Waals surface area contributed by atoms with Gasteiger partial charge in [0, 0.05) is 25.0 Å². The van der Waals surface area contributed by atoms with Gasteiger partial charge in [-0.2, -0.15) is 0 Å². The molecule has 0 aliphatic carbocycles. The zero-order chi connectivity index (χ0) is 12.8. The number of rotatable bonds is 5. The molecule has 0 aliphatic heterocycles. The summed E-state index contributed by atoms with van der Waals surface area (Å²) in [5.41, 5.74) is 3.36. The highest BCUT2D eigenvalue weighted by atomic mass is 16.3. The zero-order valence-corrected chi connectivity index (χ0v) is 10.5. The lowest BCUT2D eigenvalue weighted by atomic mass is 10.1. The van der Waals surface area contributed by atoms with Crippen molar-refractivity contribution in [2.24, 2.45) is 0 Å². The predicted molar refractivity (Wildman–Crippen MR) is 71.9 cm³/mol. The Morgan fingerprint density at radius 2 is 1.89 bits per heavy atom. The molecular weight excluding hydrogens is 224 g/mol. The zero-order valence-electron chi connectivity index (χ0n) is 10.5. The summed E-state index contributed by atoms with van der Waals surface area (Å²) in [5, 5.41) is 12.5. The molecule has 2 N–H and O–H groups in total. The van der Waals surface area contributed by atoms with Gasteiger partial charge in [-0.25, -0.2) is 0 Å². The van der Waals surface area contributed by atoms with E-state index >= 15 is 0 Å². The van der Waals surface area contributed by atoms with Crippen LogP contribution in [-0.4, -0.2) is 10.1 Å². The molecule has 0 spiro atoms. The van der Waals surface area contributed by atoms with Crippen LogP contribution in [0, 0.1) is 0 Å². The van der Waals surface area contributed by atoms with Gasteiger partial charge in [0.25, 0.3) is 0 Å². The van der Waals surface area contributed by atoms with Crippen LogP contribution >= 0.6 is 0 Å². The van der Waals surface area contributed by atoms with Crippen molar-refractivity contribution in [1.29, 1.82) is 0 Å². The maximum atomic E-state index is 9.09. The normalized spacial score (nSPS) is 12.3. The van der Waals surface area contributed by atoms with Crippen LogP contribution in [0.25, 0.3) is 0 Å².